The van der Waals surface area contributed by atoms with Crippen molar-refractivity contribution in [3.8, 4) is 0 Å². The minimum Gasteiger partial charge on any atom is -0.372 e. The van der Waals surface area contributed by atoms with E-state index in [-0.39, 0.29) is 0 Å². The van der Waals surface area contributed by atoms with Crippen molar-refractivity contribution in [2.45, 2.75) is 33.6 Å². The summed E-state index contributed by atoms with van der Waals surface area (Å²) in [6.07, 6.45) is 2.37. The van der Waals surface area contributed by atoms with Gasteiger partial charge >= 0.3 is 0 Å². The zero-order chi connectivity index (χ0) is 12.7. The summed E-state index contributed by atoms with van der Waals surface area (Å²) in [6.45, 7) is 12.5. The van der Waals surface area contributed by atoms with E-state index in [9.17, 15) is 0 Å². The lowest BCUT2D eigenvalue weighted by Crippen LogP contribution is -2.24. The Hall–Kier alpha value is -1.44. The number of nitrogens with one attached hydrogen (secondary N) is 1. The van der Waals surface area contributed by atoms with Crippen LogP contribution < -0.4 is 10.2 Å². The number of anilines is 2. The number of hydrogen-bond acceptors (Lipinski definition) is 2. The summed E-state index contributed by atoms with van der Waals surface area (Å²) >= 11 is 0. The van der Waals surface area contributed by atoms with Crippen LogP contribution in [0.15, 0.2) is 36.5 Å². The molecule has 17 heavy (non-hydrogen) atoms. The van der Waals surface area contributed by atoms with Gasteiger partial charge in [0.05, 0.1) is 0 Å². The van der Waals surface area contributed by atoms with E-state index in [1.54, 1.807) is 0 Å². The summed E-state index contributed by atoms with van der Waals surface area (Å²) in [5, 5.41) is 3.22. The predicted molar refractivity (Wildman–Crippen MR) is 77.7 cm³/mol. The van der Waals surface area contributed by atoms with Crippen molar-refractivity contribution in [1.29, 1.82) is 0 Å². The van der Waals surface area contributed by atoms with Gasteiger partial charge in [-0.2, -0.15) is 0 Å². The third-order valence-electron chi connectivity index (χ3n) is 2.58. The number of allylic oxidation sites excluding steroid dienone is 1. The molecule has 0 amide bonds. The molecule has 0 saturated heterocycles. The SMILES string of the molecule is C=C(C)Nc1ccc(N(CCC)CCC)cc1. The minimum atomic E-state index is 0.969. The van der Waals surface area contributed by atoms with Crippen molar-refractivity contribution < 1.29 is 0 Å². The molecule has 0 spiro atoms. The zero-order valence-electron chi connectivity index (χ0n) is 11.3. The van der Waals surface area contributed by atoms with Gasteiger partial charge in [0.1, 0.15) is 0 Å². The van der Waals surface area contributed by atoms with Gasteiger partial charge in [-0.1, -0.05) is 20.4 Å². The number of nitrogens with zero attached hydrogens (tertiary/aromatic N) is 1. The summed E-state index contributed by atoms with van der Waals surface area (Å²) < 4.78 is 0. The minimum absolute atomic E-state index is 0.969. The summed E-state index contributed by atoms with van der Waals surface area (Å²) in [5.41, 5.74) is 3.38. The standard InChI is InChI=1S/C15H24N2/c1-5-11-17(12-6-2)15-9-7-14(8-10-15)16-13(3)4/h7-10,16H,3,5-6,11-12H2,1-2,4H3. The van der Waals surface area contributed by atoms with Crippen molar-refractivity contribution >= 4 is 11.4 Å². The van der Waals surface area contributed by atoms with E-state index >= 15 is 0 Å². The average molecular weight is 232 g/mol. The van der Waals surface area contributed by atoms with Crippen LogP contribution in [0.1, 0.15) is 33.6 Å². The van der Waals surface area contributed by atoms with Crippen molar-refractivity contribution in [3.63, 3.8) is 0 Å². The van der Waals surface area contributed by atoms with Gasteiger partial charge in [-0.25, -0.2) is 0 Å². The van der Waals surface area contributed by atoms with E-state index in [1.165, 1.54) is 18.5 Å². The molecule has 2 nitrogen and oxygen atoms in total. The maximum absolute atomic E-state index is 3.85. The number of benzene rings is 1. The molecule has 1 rings (SSSR count). The molecule has 0 aromatic heterocycles. The van der Waals surface area contributed by atoms with Crippen LogP contribution in [-0.2, 0) is 0 Å². The molecule has 0 aliphatic rings. The second-order valence-corrected chi connectivity index (χ2v) is 4.44. The van der Waals surface area contributed by atoms with Gasteiger partial charge in [-0.15, -0.1) is 0 Å². The van der Waals surface area contributed by atoms with Crippen molar-refractivity contribution in [3.05, 3.63) is 36.5 Å². The van der Waals surface area contributed by atoms with E-state index in [0.717, 1.165) is 24.5 Å². The van der Waals surface area contributed by atoms with Crippen molar-refractivity contribution in [2.24, 2.45) is 0 Å². The highest BCUT2D eigenvalue weighted by Crippen LogP contribution is 2.19. The third-order valence-corrected chi connectivity index (χ3v) is 2.58. The molecule has 1 N–H and O–H groups in total. The first kappa shape index (κ1) is 13.6. The van der Waals surface area contributed by atoms with Gasteiger partial charge in [0.15, 0.2) is 0 Å². The smallest absolute Gasteiger partial charge is 0.0383 e. The Bertz CT molecular complexity index is 334. The predicted octanol–water partition coefficient (Wildman–Crippen LogP) is 4.26. The summed E-state index contributed by atoms with van der Waals surface area (Å²) in [7, 11) is 0. The third kappa shape index (κ3) is 4.51. The zero-order valence-corrected chi connectivity index (χ0v) is 11.3. The van der Waals surface area contributed by atoms with Gasteiger partial charge in [0, 0.05) is 30.2 Å². The maximum Gasteiger partial charge on any atom is 0.0383 e. The molecule has 0 radical (unpaired) electrons. The van der Waals surface area contributed by atoms with Crippen LogP contribution in [0.25, 0.3) is 0 Å². The van der Waals surface area contributed by atoms with Crippen molar-refractivity contribution in [1.82, 2.24) is 0 Å². The first-order valence-corrected chi connectivity index (χ1v) is 6.45. The molecule has 1 aromatic rings. The molecular weight excluding hydrogens is 208 g/mol. The monoisotopic (exact) mass is 232 g/mol. The Kier molecular flexibility index (Phi) is 5.61. The van der Waals surface area contributed by atoms with E-state index < -0.39 is 0 Å². The fraction of sp³-hybridized carbons (Fsp3) is 0.467. The second kappa shape index (κ2) is 7.00. The van der Waals surface area contributed by atoms with Gasteiger partial charge in [-0.05, 0) is 44.0 Å². The van der Waals surface area contributed by atoms with E-state index in [1.807, 2.05) is 6.92 Å². The first-order chi connectivity index (χ1) is 8.17. The summed E-state index contributed by atoms with van der Waals surface area (Å²) in [5.74, 6) is 0. The Balaban J connectivity index is 2.72. The molecule has 0 bridgehead atoms. The lowest BCUT2D eigenvalue weighted by molar-refractivity contribution is 0.745. The van der Waals surface area contributed by atoms with Gasteiger partial charge in [0.2, 0.25) is 0 Å². The van der Waals surface area contributed by atoms with E-state index in [4.69, 9.17) is 0 Å². The van der Waals surface area contributed by atoms with Crippen molar-refractivity contribution in [2.75, 3.05) is 23.3 Å². The number of rotatable bonds is 7. The largest absolute Gasteiger partial charge is 0.372 e. The maximum atomic E-state index is 3.85. The molecule has 0 fully saturated rings. The Labute approximate surface area is 105 Å². The molecule has 0 saturated carbocycles. The van der Waals surface area contributed by atoms with E-state index in [2.05, 4.69) is 54.9 Å². The van der Waals surface area contributed by atoms with E-state index in [0.29, 0.717) is 0 Å². The number of hydrogen-bond donors (Lipinski definition) is 1. The Morgan fingerprint density at radius 2 is 1.65 bits per heavy atom. The molecule has 94 valence electrons. The van der Waals surface area contributed by atoms with Crippen LogP contribution in [0.3, 0.4) is 0 Å². The summed E-state index contributed by atoms with van der Waals surface area (Å²) in [6, 6.07) is 8.58. The highest BCUT2D eigenvalue weighted by atomic mass is 15.1. The highest BCUT2D eigenvalue weighted by Gasteiger charge is 2.03. The molecule has 0 aliphatic carbocycles. The fourth-order valence-corrected chi connectivity index (χ4v) is 1.91. The van der Waals surface area contributed by atoms with Crippen LogP contribution in [-0.4, -0.2) is 13.1 Å². The Morgan fingerprint density at radius 3 is 2.06 bits per heavy atom. The topological polar surface area (TPSA) is 15.3 Å². The Morgan fingerprint density at radius 1 is 1.12 bits per heavy atom. The molecule has 0 aliphatic heterocycles. The normalized spacial score (nSPS) is 10.1. The molecule has 0 heterocycles. The van der Waals surface area contributed by atoms with Crippen LogP contribution in [0.2, 0.25) is 0 Å². The highest BCUT2D eigenvalue weighted by molar-refractivity contribution is 5.56. The van der Waals surface area contributed by atoms with Gasteiger partial charge in [-0.3, -0.25) is 0 Å². The van der Waals surface area contributed by atoms with Crippen LogP contribution in [0, 0.1) is 0 Å². The molecule has 1 aromatic carbocycles. The molecular formula is C15H24N2. The lowest BCUT2D eigenvalue weighted by Gasteiger charge is -2.24. The second-order valence-electron chi connectivity index (χ2n) is 4.44. The quantitative estimate of drug-likeness (QED) is 0.755. The lowest BCUT2D eigenvalue weighted by atomic mass is 10.2. The first-order valence-electron chi connectivity index (χ1n) is 6.45. The average Bonchev–Trinajstić information content (AvgIpc) is 2.29. The summed E-state index contributed by atoms with van der Waals surface area (Å²) in [4.78, 5) is 2.44. The van der Waals surface area contributed by atoms with Gasteiger partial charge in [0.25, 0.3) is 0 Å². The van der Waals surface area contributed by atoms with Crippen LogP contribution in [0.5, 0.6) is 0 Å². The molecule has 0 unspecified atom stereocenters. The molecule has 0 atom stereocenters. The van der Waals surface area contributed by atoms with Gasteiger partial charge < -0.3 is 10.2 Å². The van der Waals surface area contributed by atoms with Crippen LogP contribution in [0.4, 0.5) is 11.4 Å². The fourth-order valence-electron chi connectivity index (χ4n) is 1.91. The molecule has 2 heteroatoms. The van der Waals surface area contributed by atoms with Crippen LogP contribution >= 0.6 is 0 Å².